The van der Waals surface area contributed by atoms with Crippen LogP contribution >= 0.6 is 0 Å². The quantitative estimate of drug-likeness (QED) is 0.643. The lowest BCUT2D eigenvalue weighted by atomic mass is 9.98. The van der Waals surface area contributed by atoms with Gasteiger partial charge in [0.15, 0.2) is 11.5 Å². The summed E-state index contributed by atoms with van der Waals surface area (Å²) in [6.07, 6.45) is 1.76. The number of rotatable bonds is 6. The number of methoxy groups -OCH3 is 1. The van der Waals surface area contributed by atoms with E-state index in [1.54, 1.807) is 48.4 Å². The van der Waals surface area contributed by atoms with Gasteiger partial charge in [0, 0.05) is 30.8 Å². The van der Waals surface area contributed by atoms with E-state index in [4.69, 9.17) is 15.2 Å². The van der Waals surface area contributed by atoms with Crippen LogP contribution in [0.2, 0.25) is 0 Å². The summed E-state index contributed by atoms with van der Waals surface area (Å²) in [5.41, 5.74) is 7.30. The number of hydrogen-bond acceptors (Lipinski definition) is 6. The molecule has 2 amide bonds. The first kappa shape index (κ1) is 20.9. The zero-order valence-electron chi connectivity index (χ0n) is 17.3. The molecule has 160 valence electrons. The summed E-state index contributed by atoms with van der Waals surface area (Å²) in [4.78, 5) is 29.7. The molecule has 0 unspecified atom stereocenters. The second-order valence-electron chi connectivity index (χ2n) is 7.29. The highest BCUT2D eigenvalue weighted by Gasteiger charge is 2.32. The summed E-state index contributed by atoms with van der Waals surface area (Å²) in [6.45, 7) is 0.432. The van der Waals surface area contributed by atoms with Gasteiger partial charge in [0.2, 0.25) is 5.91 Å². The second-order valence-corrected chi connectivity index (χ2v) is 7.29. The summed E-state index contributed by atoms with van der Waals surface area (Å²) in [5, 5.41) is 9.33. The van der Waals surface area contributed by atoms with Gasteiger partial charge >= 0.3 is 0 Å². The predicted molar refractivity (Wildman–Crippen MR) is 117 cm³/mol. The zero-order valence-corrected chi connectivity index (χ0v) is 17.3. The SMILES string of the molecule is COc1ccc([C@H]2CC(=O)N(c3ccnc(C(N)=O)c3)C2)cc1Oc1ccccc1C#N. The van der Waals surface area contributed by atoms with Crippen molar-refractivity contribution < 1.29 is 19.1 Å². The van der Waals surface area contributed by atoms with Gasteiger partial charge in [-0.05, 0) is 42.0 Å². The number of ether oxygens (including phenoxy) is 2. The van der Waals surface area contributed by atoms with Crippen molar-refractivity contribution in [1.82, 2.24) is 4.98 Å². The number of nitrogens with zero attached hydrogens (tertiary/aromatic N) is 3. The minimum absolute atomic E-state index is 0.0651. The maximum Gasteiger partial charge on any atom is 0.267 e. The van der Waals surface area contributed by atoms with Crippen LogP contribution < -0.4 is 20.1 Å². The molecule has 4 rings (SSSR count). The minimum atomic E-state index is -0.648. The molecule has 3 aromatic rings. The third-order valence-corrected chi connectivity index (χ3v) is 5.32. The van der Waals surface area contributed by atoms with Crippen molar-refractivity contribution in [2.45, 2.75) is 12.3 Å². The molecule has 0 bridgehead atoms. The molecule has 1 aromatic heterocycles. The van der Waals surface area contributed by atoms with Gasteiger partial charge in [-0.25, -0.2) is 0 Å². The number of para-hydroxylation sites is 1. The fraction of sp³-hybridized carbons (Fsp3) is 0.167. The molecule has 32 heavy (non-hydrogen) atoms. The average molecular weight is 428 g/mol. The molecule has 1 aliphatic heterocycles. The highest BCUT2D eigenvalue weighted by Crippen LogP contribution is 2.38. The van der Waals surface area contributed by atoms with E-state index in [0.717, 1.165) is 5.56 Å². The smallest absolute Gasteiger partial charge is 0.267 e. The Morgan fingerprint density at radius 2 is 1.97 bits per heavy atom. The van der Waals surface area contributed by atoms with Crippen LogP contribution in [-0.4, -0.2) is 30.5 Å². The molecule has 2 aromatic carbocycles. The van der Waals surface area contributed by atoms with Crippen LogP contribution in [-0.2, 0) is 4.79 Å². The van der Waals surface area contributed by atoms with Gasteiger partial charge < -0.3 is 20.1 Å². The van der Waals surface area contributed by atoms with E-state index >= 15 is 0 Å². The number of aromatic nitrogens is 1. The fourth-order valence-corrected chi connectivity index (χ4v) is 3.70. The third kappa shape index (κ3) is 4.09. The monoisotopic (exact) mass is 428 g/mol. The van der Waals surface area contributed by atoms with Crippen molar-refractivity contribution in [2.75, 3.05) is 18.6 Å². The van der Waals surface area contributed by atoms with Crippen molar-refractivity contribution >= 4 is 17.5 Å². The highest BCUT2D eigenvalue weighted by molar-refractivity contribution is 5.98. The Kier molecular flexibility index (Phi) is 5.73. The standard InChI is InChI=1S/C24H20N4O4/c1-31-21-7-6-15(10-22(21)32-20-5-3-2-4-16(20)13-25)17-11-23(29)28(14-17)18-8-9-27-19(12-18)24(26)30/h2-10,12,17H,11,14H2,1H3,(H2,26,30)/t17-/m0/s1. The lowest BCUT2D eigenvalue weighted by molar-refractivity contribution is -0.117. The van der Waals surface area contributed by atoms with Gasteiger partial charge in [0.25, 0.3) is 5.91 Å². The molecule has 0 saturated carbocycles. The Hall–Kier alpha value is -4.38. The number of hydrogen-bond donors (Lipinski definition) is 1. The molecular formula is C24H20N4O4. The van der Waals surface area contributed by atoms with Gasteiger partial charge in [0.1, 0.15) is 17.5 Å². The highest BCUT2D eigenvalue weighted by atomic mass is 16.5. The molecule has 8 heteroatoms. The number of primary amides is 1. The van der Waals surface area contributed by atoms with Crippen LogP contribution in [0.4, 0.5) is 5.69 Å². The number of pyridine rings is 1. The lowest BCUT2D eigenvalue weighted by Crippen LogP contribution is -2.25. The first-order valence-electron chi connectivity index (χ1n) is 9.91. The minimum Gasteiger partial charge on any atom is -0.493 e. The zero-order chi connectivity index (χ0) is 22.7. The van der Waals surface area contributed by atoms with E-state index in [9.17, 15) is 14.9 Å². The van der Waals surface area contributed by atoms with Gasteiger partial charge in [0.05, 0.1) is 12.7 Å². The topological polar surface area (TPSA) is 119 Å². The number of benzene rings is 2. The number of anilines is 1. The normalized spacial score (nSPS) is 15.3. The Morgan fingerprint density at radius 3 is 2.72 bits per heavy atom. The van der Waals surface area contributed by atoms with Crippen LogP contribution in [0.15, 0.2) is 60.8 Å². The molecule has 1 fully saturated rings. The molecule has 1 saturated heterocycles. The molecule has 2 N–H and O–H groups in total. The molecule has 0 spiro atoms. The molecule has 8 nitrogen and oxygen atoms in total. The maximum atomic E-state index is 12.7. The lowest BCUT2D eigenvalue weighted by Gasteiger charge is -2.18. The van der Waals surface area contributed by atoms with E-state index < -0.39 is 5.91 Å². The maximum absolute atomic E-state index is 12.7. The predicted octanol–water partition coefficient (Wildman–Crippen LogP) is 3.37. The molecule has 1 atom stereocenters. The summed E-state index contributed by atoms with van der Waals surface area (Å²) in [7, 11) is 1.54. The number of amides is 2. The van der Waals surface area contributed by atoms with E-state index in [1.165, 1.54) is 12.3 Å². The van der Waals surface area contributed by atoms with Crippen LogP contribution in [0, 0.1) is 11.3 Å². The largest absolute Gasteiger partial charge is 0.493 e. The summed E-state index contributed by atoms with van der Waals surface area (Å²) < 4.78 is 11.4. The van der Waals surface area contributed by atoms with Gasteiger partial charge in [-0.15, -0.1) is 0 Å². The van der Waals surface area contributed by atoms with Crippen molar-refractivity contribution in [3.63, 3.8) is 0 Å². The number of nitriles is 1. The number of carbonyl (C=O) groups is 2. The van der Waals surface area contributed by atoms with E-state index in [-0.39, 0.29) is 17.5 Å². The van der Waals surface area contributed by atoms with Crippen molar-refractivity contribution in [1.29, 1.82) is 5.26 Å². The van der Waals surface area contributed by atoms with Gasteiger partial charge in [-0.2, -0.15) is 5.26 Å². The van der Waals surface area contributed by atoms with Crippen LogP contribution in [0.5, 0.6) is 17.2 Å². The van der Waals surface area contributed by atoms with Crippen LogP contribution in [0.1, 0.15) is 34.0 Å². The number of nitrogens with two attached hydrogens (primary N) is 1. The molecule has 1 aliphatic rings. The van der Waals surface area contributed by atoms with Crippen molar-refractivity contribution in [3.05, 3.63) is 77.6 Å². The summed E-state index contributed by atoms with van der Waals surface area (Å²) >= 11 is 0. The van der Waals surface area contributed by atoms with E-state index in [2.05, 4.69) is 11.1 Å². The Morgan fingerprint density at radius 1 is 1.16 bits per heavy atom. The van der Waals surface area contributed by atoms with Gasteiger partial charge in [-0.1, -0.05) is 18.2 Å². The van der Waals surface area contributed by atoms with Gasteiger partial charge in [-0.3, -0.25) is 14.6 Å². The van der Waals surface area contributed by atoms with E-state index in [1.807, 2.05) is 12.1 Å². The first-order valence-corrected chi connectivity index (χ1v) is 9.91. The van der Waals surface area contributed by atoms with Crippen LogP contribution in [0.3, 0.4) is 0 Å². The third-order valence-electron chi connectivity index (χ3n) is 5.32. The molecular weight excluding hydrogens is 408 g/mol. The Labute approximate surface area is 184 Å². The molecule has 0 aliphatic carbocycles. The van der Waals surface area contributed by atoms with Crippen molar-refractivity contribution in [2.24, 2.45) is 5.73 Å². The van der Waals surface area contributed by atoms with E-state index in [0.29, 0.717) is 41.5 Å². The first-order chi connectivity index (χ1) is 15.5. The second kappa shape index (κ2) is 8.78. The Balaban J connectivity index is 1.61. The van der Waals surface area contributed by atoms with Crippen molar-refractivity contribution in [3.8, 4) is 23.3 Å². The molecule has 0 radical (unpaired) electrons. The van der Waals surface area contributed by atoms with Crippen LogP contribution in [0.25, 0.3) is 0 Å². The molecule has 2 heterocycles. The number of carbonyl (C=O) groups excluding carboxylic acids is 2. The Bertz CT molecular complexity index is 1230. The summed E-state index contributed by atoms with van der Waals surface area (Å²) in [6, 6.07) is 17.7. The summed E-state index contributed by atoms with van der Waals surface area (Å²) in [5.74, 6) is 0.591. The average Bonchev–Trinajstić information content (AvgIpc) is 3.21. The fourth-order valence-electron chi connectivity index (χ4n) is 3.70.